The number of rotatable bonds is 2. The van der Waals surface area contributed by atoms with Crippen LogP contribution in [0.5, 0.6) is 5.75 Å². The minimum absolute atomic E-state index is 0.237. The Balaban J connectivity index is 2.36. The Morgan fingerprint density at radius 1 is 1.18 bits per heavy atom. The van der Waals surface area contributed by atoms with E-state index in [1.165, 1.54) is 11.8 Å². The van der Waals surface area contributed by atoms with Crippen molar-refractivity contribution in [1.29, 1.82) is 5.26 Å². The van der Waals surface area contributed by atoms with Crippen LogP contribution in [0, 0.1) is 18.3 Å². The summed E-state index contributed by atoms with van der Waals surface area (Å²) < 4.78 is 0. The molecule has 0 saturated carbocycles. The lowest BCUT2D eigenvalue weighted by Crippen LogP contribution is -1.83. The lowest BCUT2D eigenvalue weighted by Gasteiger charge is -2.05. The average molecular weight is 241 g/mol. The fourth-order valence-corrected chi connectivity index (χ4v) is 2.53. The van der Waals surface area contributed by atoms with Crippen LogP contribution >= 0.6 is 11.8 Å². The van der Waals surface area contributed by atoms with Gasteiger partial charge in [0, 0.05) is 9.79 Å². The Morgan fingerprint density at radius 2 is 2.00 bits per heavy atom. The topological polar surface area (TPSA) is 44.0 Å². The summed E-state index contributed by atoms with van der Waals surface area (Å²) in [6.45, 7) is 1.99. The Hall–Kier alpha value is -1.92. The molecular formula is C14H11NOS. The van der Waals surface area contributed by atoms with Gasteiger partial charge in [-0.25, -0.2) is 0 Å². The molecule has 2 nitrogen and oxygen atoms in total. The maximum absolute atomic E-state index is 9.39. The molecule has 0 aliphatic carbocycles. The summed E-state index contributed by atoms with van der Waals surface area (Å²) in [5.74, 6) is 0.237. The van der Waals surface area contributed by atoms with Gasteiger partial charge in [0.2, 0.25) is 0 Å². The minimum atomic E-state index is 0.237. The number of hydrogen-bond acceptors (Lipinski definition) is 3. The van der Waals surface area contributed by atoms with Crippen LogP contribution in [0.15, 0.2) is 52.3 Å². The highest BCUT2D eigenvalue weighted by Crippen LogP contribution is 2.32. The predicted octanol–water partition coefficient (Wildman–Crippen LogP) is 3.72. The van der Waals surface area contributed by atoms with Crippen LogP contribution < -0.4 is 0 Å². The summed E-state index contributed by atoms with van der Waals surface area (Å²) in [7, 11) is 0. The van der Waals surface area contributed by atoms with Gasteiger partial charge in [0.1, 0.15) is 11.8 Å². The monoisotopic (exact) mass is 241 g/mol. The van der Waals surface area contributed by atoms with Crippen LogP contribution in [0.1, 0.15) is 11.1 Å². The largest absolute Gasteiger partial charge is 0.508 e. The predicted molar refractivity (Wildman–Crippen MR) is 68.1 cm³/mol. The van der Waals surface area contributed by atoms with Crippen molar-refractivity contribution in [3.05, 3.63) is 53.6 Å². The fourth-order valence-electron chi connectivity index (χ4n) is 1.48. The van der Waals surface area contributed by atoms with E-state index in [0.717, 1.165) is 15.4 Å². The number of benzene rings is 2. The van der Waals surface area contributed by atoms with Crippen molar-refractivity contribution in [2.24, 2.45) is 0 Å². The fraction of sp³-hybridized carbons (Fsp3) is 0.0714. The number of aromatic hydroxyl groups is 1. The van der Waals surface area contributed by atoms with E-state index >= 15 is 0 Å². The zero-order valence-corrected chi connectivity index (χ0v) is 10.2. The Kier molecular flexibility index (Phi) is 3.36. The van der Waals surface area contributed by atoms with Crippen molar-refractivity contribution < 1.29 is 5.11 Å². The first-order chi connectivity index (χ1) is 8.19. The summed E-state index contributed by atoms with van der Waals surface area (Å²) >= 11 is 1.48. The number of aryl methyl sites for hydroxylation is 1. The smallest absolute Gasteiger partial charge is 0.116 e. The zero-order chi connectivity index (χ0) is 12.3. The molecule has 0 saturated heterocycles. The molecule has 0 amide bonds. The van der Waals surface area contributed by atoms with Crippen molar-refractivity contribution in [3.8, 4) is 11.8 Å². The van der Waals surface area contributed by atoms with E-state index in [-0.39, 0.29) is 5.75 Å². The molecule has 1 N–H and O–H groups in total. The van der Waals surface area contributed by atoms with E-state index in [1.54, 1.807) is 18.2 Å². The number of phenolic OH excluding ortho intramolecular Hbond substituents is 1. The Labute approximate surface area is 105 Å². The van der Waals surface area contributed by atoms with Gasteiger partial charge >= 0.3 is 0 Å². The van der Waals surface area contributed by atoms with Gasteiger partial charge in [-0.2, -0.15) is 5.26 Å². The molecule has 0 spiro atoms. The summed E-state index contributed by atoms with van der Waals surface area (Å²) in [6.07, 6.45) is 0. The Bertz CT molecular complexity index is 587. The zero-order valence-electron chi connectivity index (χ0n) is 9.34. The van der Waals surface area contributed by atoms with E-state index in [1.807, 2.05) is 31.2 Å². The van der Waals surface area contributed by atoms with Crippen molar-refractivity contribution in [2.75, 3.05) is 0 Å². The number of hydrogen-bond donors (Lipinski definition) is 1. The van der Waals surface area contributed by atoms with Gasteiger partial charge in [0.15, 0.2) is 0 Å². The van der Waals surface area contributed by atoms with Crippen LogP contribution in [0.4, 0.5) is 0 Å². The van der Waals surface area contributed by atoms with Crippen molar-refractivity contribution in [1.82, 2.24) is 0 Å². The maximum Gasteiger partial charge on any atom is 0.116 e. The lowest BCUT2D eigenvalue weighted by molar-refractivity contribution is 0.474. The summed E-state index contributed by atoms with van der Waals surface area (Å²) in [4.78, 5) is 1.84. The molecule has 0 heterocycles. The SMILES string of the molecule is Cc1ccc(C#N)c(Sc2cccc(O)c2)c1. The summed E-state index contributed by atoms with van der Waals surface area (Å²) in [5, 5.41) is 18.4. The highest BCUT2D eigenvalue weighted by Gasteiger charge is 2.05. The van der Waals surface area contributed by atoms with Gasteiger partial charge in [-0.15, -0.1) is 0 Å². The van der Waals surface area contributed by atoms with E-state index in [2.05, 4.69) is 6.07 Å². The normalized spacial score (nSPS) is 9.88. The molecule has 2 aromatic carbocycles. The highest BCUT2D eigenvalue weighted by atomic mass is 32.2. The second kappa shape index (κ2) is 4.94. The van der Waals surface area contributed by atoms with E-state index in [4.69, 9.17) is 5.26 Å². The molecule has 0 aromatic heterocycles. The van der Waals surface area contributed by atoms with Crippen LogP contribution in [-0.2, 0) is 0 Å². The van der Waals surface area contributed by atoms with E-state index < -0.39 is 0 Å². The standard InChI is InChI=1S/C14H11NOS/c1-10-5-6-11(9-15)14(7-10)17-13-4-2-3-12(16)8-13/h2-8,16H,1H3. The van der Waals surface area contributed by atoms with E-state index in [9.17, 15) is 5.11 Å². The maximum atomic E-state index is 9.39. The van der Waals surface area contributed by atoms with E-state index in [0.29, 0.717) is 5.56 Å². The van der Waals surface area contributed by atoms with Gasteiger partial charge in [-0.05, 0) is 42.8 Å². The molecule has 2 aromatic rings. The first-order valence-electron chi connectivity index (χ1n) is 5.16. The van der Waals surface area contributed by atoms with Crippen molar-refractivity contribution in [3.63, 3.8) is 0 Å². The van der Waals surface area contributed by atoms with Gasteiger partial charge in [-0.3, -0.25) is 0 Å². The molecule has 0 aliphatic rings. The summed E-state index contributed by atoms with van der Waals surface area (Å²) in [6, 6.07) is 14.9. The Morgan fingerprint density at radius 3 is 2.71 bits per heavy atom. The minimum Gasteiger partial charge on any atom is -0.508 e. The molecule has 0 bridgehead atoms. The highest BCUT2D eigenvalue weighted by molar-refractivity contribution is 7.99. The van der Waals surface area contributed by atoms with Crippen LogP contribution in [0.3, 0.4) is 0 Å². The molecule has 0 unspecified atom stereocenters. The third-order valence-corrected chi connectivity index (χ3v) is 3.35. The van der Waals surface area contributed by atoms with Gasteiger partial charge in [0.05, 0.1) is 5.56 Å². The molecule has 84 valence electrons. The van der Waals surface area contributed by atoms with Crippen LogP contribution in [-0.4, -0.2) is 5.11 Å². The first kappa shape index (κ1) is 11.6. The molecule has 3 heteroatoms. The van der Waals surface area contributed by atoms with Crippen molar-refractivity contribution in [2.45, 2.75) is 16.7 Å². The number of nitrogens with zero attached hydrogens (tertiary/aromatic N) is 1. The molecular weight excluding hydrogens is 230 g/mol. The lowest BCUT2D eigenvalue weighted by atomic mass is 10.2. The quantitative estimate of drug-likeness (QED) is 0.871. The molecule has 2 rings (SSSR count). The van der Waals surface area contributed by atoms with Gasteiger partial charge in [0.25, 0.3) is 0 Å². The van der Waals surface area contributed by atoms with Crippen LogP contribution in [0.25, 0.3) is 0 Å². The number of phenols is 1. The third-order valence-electron chi connectivity index (χ3n) is 2.30. The molecule has 0 radical (unpaired) electrons. The van der Waals surface area contributed by atoms with Gasteiger partial charge in [-0.1, -0.05) is 23.9 Å². The second-order valence-electron chi connectivity index (χ2n) is 3.71. The molecule has 17 heavy (non-hydrogen) atoms. The second-order valence-corrected chi connectivity index (χ2v) is 4.83. The molecule has 0 fully saturated rings. The van der Waals surface area contributed by atoms with Crippen LogP contribution in [0.2, 0.25) is 0 Å². The average Bonchev–Trinajstić information content (AvgIpc) is 2.29. The molecule has 0 aliphatic heterocycles. The number of nitriles is 1. The van der Waals surface area contributed by atoms with Gasteiger partial charge < -0.3 is 5.11 Å². The summed E-state index contributed by atoms with van der Waals surface area (Å²) in [5.41, 5.74) is 1.77. The third kappa shape index (κ3) is 2.80. The van der Waals surface area contributed by atoms with Crippen molar-refractivity contribution >= 4 is 11.8 Å². The first-order valence-corrected chi connectivity index (χ1v) is 5.98. The molecule has 0 atom stereocenters.